The van der Waals surface area contributed by atoms with Crippen molar-refractivity contribution in [3.05, 3.63) is 16.4 Å². The van der Waals surface area contributed by atoms with E-state index in [2.05, 4.69) is 35.4 Å². The smallest absolute Gasteiger partial charge is 0.330 e. The van der Waals surface area contributed by atoms with E-state index in [-0.39, 0.29) is 11.3 Å². The minimum atomic E-state index is -0.515. The molecule has 0 radical (unpaired) electrons. The second kappa shape index (κ2) is 4.61. The van der Waals surface area contributed by atoms with Crippen molar-refractivity contribution < 1.29 is 4.52 Å². The van der Waals surface area contributed by atoms with E-state index in [1.54, 1.807) is 0 Å². The average molecular weight is 213 g/mol. The maximum Gasteiger partial charge on any atom is 0.438 e. The summed E-state index contributed by atoms with van der Waals surface area (Å²) in [6, 6.07) is 0. The van der Waals surface area contributed by atoms with Gasteiger partial charge < -0.3 is 5.73 Å². The van der Waals surface area contributed by atoms with Crippen LogP contribution in [-0.4, -0.2) is 16.7 Å². The first-order valence-electron chi connectivity index (χ1n) is 5.18. The molecule has 0 aromatic carbocycles. The number of hydrogen-bond donors (Lipinski definition) is 2. The summed E-state index contributed by atoms with van der Waals surface area (Å²) in [6.45, 7) is 6.99. The Morgan fingerprint density at radius 1 is 1.53 bits per heavy atom. The van der Waals surface area contributed by atoms with E-state index in [0.717, 1.165) is 12.8 Å². The summed E-state index contributed by atoms with van der Waals surface area (Å²) >= 11 is 0. The average Bonchev–Trinajstić information content (AvgIpc) is 2.51. The van der Waals surface area contributed by atoms with E-state index in [1.165, 1.54) is 0 Å². The summed E-state index contributed by atoms with van der Waals surface area (Å²) in [6.07, 6.45) is 1.94. The summed E-state index contributed by atoms with van der Waals surface area (Å²) in [7, 11) is 0. The van der Waals surface area contributed by atoms with Crippen LogP contribution in [0, 0.1) is 5.41 Å². The first-order chi connectivity index (χ1) is 6.92. The summed E-state index contributed by atoms with van der Waals surface area (Å²) in [5, 5.41) is 3.66. The highest BCUT2D eigenvalue weighted by atomic mass is 16.5. The quantitative estimate of drug-likeness (QED) is 0.787. The van der Waals surface area contributed by atoms with Crippen molar-refractivity contribution in [3.63, 3.8) is 0 Å². The Morgan fingerprint density at radius 2 is 2.20 bits per heavy atom. The van der Waals surface area contributed by atoms with E-state index in [0.29, 0.717) is 12.4 Å². The molecule has 0 aliphatic rings. The summed E-state index contributed by atoms with van der Waals surface area (Å²) in [5.41, 5.74) is 5.90. The molecule has 0 spiro atoms. The van der Waals surface area contributed by atoms with Crippen molar-refractivity contribution in [2.75, 3.05) is 6.54 Å². The molecule has 0 saturated heterocycles. The van der Waals surface area contributed by atoms with E-state index in [9.17, 15) is 4.79 Å². The number of rotatable bonds is 4. The third kappa shape index (κ3) is 3.87. The highest BCUT2D eigenvalue weighted by molar-refractivity contribution is 4.93. The first kappa shape index (κ1) is 12.0. The molecule has 1 rings (SSSR count). The number of aromatic nitrogens is 2. The molecule has 1 atom stereocenters. The van der Waals surface area contributed by atoms with Crippen LogP contribution in [0.4, 0.5) is 0 Å². The highest BCUT2D eigenvalue weighted by Gasteiger charge is 2.18. The van der Waals surface area contributed by atoms with Gasteiger partial charge in [-0.15, -0.1) is 0 Å². The van der Waals surface area contributed by atoms with Crippen LogP contribution in [0.5, 0.6) is 0 Å². The van der Waals surface area contributed by atoms with Crippen molar-refractivity contribution in [1.82, 2.24) is 10.1 Å². The summed E-state index contributed by atoms with van der Waals surface area (Å²) in [4.78, 5) is 13.3. The van der Waals surface area contributed by atoms with Crippen molar-refractivity contribution >= 4 is 0 Å². The summed E-state index contributed by atoms with van der Waals surface area (Å²) in [5.74, 6) is 0.127. The van der Waals surface area contributed by atoms with Gasteiger partial charge in [0.1, 0.15) is 0 Å². The highest BCUT2D eigenvalue weighted by Crippen LogP contribution is 2.26. The van der Waals surface area contributed by atoms with E-state index < -0.39 is 5.76 Å². The molecule has 0 aliphatic heterocycles. The van der Waals surface area contributed by atoms with Crippen LogP contribution in [0.15, 0.2) is 9.32 Å². The first-order valence-corrected chi connectivity index (χ1v) is 5.18. The van der Waals surface area contributed by atoms with Gasteiger partial charge in [-0.05, 0) is 18.3 Å². The number of nitrogens with zero attached hydrogens (tertiary/aromatic N) is 1. The number of aromatic amines is 1. The van der Waals surface area contributed by atoms with Crippen LogP contribution in [0.1, 0.15) is 45.4 Å². The Morgan fingerprint density at radius 3 is 2.60 bits per heavy atom. The zero-order chi connectivity index (χ0) is 11.5. The molecule has 1 unspecified atom stereocenters. The molecule has 0 aliphatic carbocycles. The van der Waals surface area contributed by atoms with E-state index >= 15 is 0 Å². The third-order valence-electron chi connectivity index (χ3n) is 2.37. The lowest BCUT2D eigenvalue weighted by Gasteiger charge is -2.20. The van der Waals surface area contributed by atoms with Gasteiger partial charge in [0, 0.05) is 12.5 Å². The van der Waals surface area contributed by atoms with Gasteiger partial charge >= 0.3 is 5.76 Å². The van der Waals surface area contributed by atoms with Crippen molar-refractivity contribution in [2.24, 2.45) is 11.1 Å². The molecule has 15 heavy (non-hydrogen) atoms. The van der Waals surface area contributed by atoms with Gasteiger partial charge in [-0.2, -0.15) is 0 Å². The lowest BCUT2D eigenvalue weighted by molar-refractivity contribution is 0.338. The molecule has 0 amide bonds. The fourth-order valence-corrected chi connectivity index (χ4v) is 1.39. The largest absolute Gasteiger partial charge is 0.438 e. The zero-order valence-electron chi connectivity index (χ0n) is 9.54. The Balaban J connectivity index is 2.61. The summed E-state index contributed by atoms with van der Waals surface area (Å²) < 4.78 is 4.46. The monoisotopic (exact) mass is 213 g/mol. The van der Waals surface area contributed by atoms with Crippen molar-refractivity contribution in [1.29, 1.82) is 0 Å². The van der Waals surface area contributed by atoms with Crippen LogP contribution < -0.4 is 11.5 Å². The Bertz CT molecular complexity index is 348. The Hall–Kier alpha value is -1.10. The number of hydrogen-bond acceptors (Lipinski definition) is 4. The predicted octanol–water partition coefficient (Wildman–Crippen LogP) is 1.23. The van der Waals surface area contributed by atoms with Gasteiger partial charge in [-0.25, -0.2) is 4.79 Å². The number of H-pyrrole nitrogens is 1. The molecular formula is C10H19N3O2. The Kier molecular flexibility index (Phi) is 3.68. The van der Waals surface area contributed by atoms with Gasteiger partial charge in [0.2, 0.25) is 0 Å². The van der Waals surface area contributed by atoms with Crippen LogP contribution in [-0.2, 0) is 0 Å². The van der Waals surface area contributed by atoms with Gasteiger partial charge in [0.15, 0.2) is 5.82 Å². The fourth-order valence-electron chi connectivity index (χ4n) is 1.39. The standard InChI is InChI=1S/C10H19N3O2/c1-10(2,3)5-4-7(6-11)8-12-9(14)15-13-8/h7H,4-6,11H2,1-3H3,(H,12,13,14). The molecule has 5 heteroatoms. The van der Waals surface area contributed by atoms with Crippen LogP contribution in [0.3, 0.4) is 0 Å². The molecule has 0 saturated carbocycles. The lowest BCUT2D eigenvalue weighted by Crippen LogP contribution is -2.17. The maximum atomic E-state index is 10.8. The van der Waals surface area contributed by atoms with Gasteiger partial charge in [0.25, 0.3) is 0 Å². The molecule has 86 valence electrons. The van der Waals surface area contributed by atoms with Crippen LogP contribution >= 0.6 is 0 Å². The number of nitrogens with one attached hydrogen (secondary N) is 1. The molecular weight excluding hydrogens is 194 g/mol. The SMILES string of the molecule is CC(C)(C)CCC(CN)c1noc(=O)[nH]1. The van der Waals surface area contributed by atoms with Crippen molar-refractivity contribution in [2.45, 2.75) is 39.5 Å². The van der Waals surface area contributed by atoms with E-state index in [1.807, 2.05) is 0 Å². The normalized spacial score (nSPS) is 14.1. The molecule has 1 aromatic rings. The molecule has 0 fully saturated rings. The Labute approximate surface area is 89.0 Å². The topological polar surface area (TPSA) is 84.9 Å². The van der Waals surface area contributed by atoms with Gasteiger partial charge in [-0.3, -0.25) is 9.51 Å². The zero-order valence-corrected chi connectivity index (χ0v) is 9.54. The van der Waals surface area contributed by atoms with Crippen LogP contribution in [0.2, 0.25) is 0 Å². The predicted molar refractivity (Wildman–Crippen MR) is 57.6 cm³/mol. The minimum Gasteiger partial charge on any atom is -0.330 e. The third-order valence-corrected chi connectivity index (χ3v) is 2.37. The minimum absolute atomic E-state index is 0.0793. The van der Waals surface area contributed by atoms with E-state index in [4.69, 9.17) is 5.73 Å². The molecule has 1 heterocycles. The van der Waals surface area contributed by atoms with Gasteiger partial charge in [-0.1, -0.05) is 25.9 Å². The van der Waals surface area contributed by atoms with Crippen molar-refractivity contribution in [3.8, 4) is 0 Å². The van der Waals surface area contributed by atoms with Gasteiger partial charge in [0.05, 0.1) is 0 Å². The number of nitrogens with two attached hydrogens (primary N) is 1. The molecule has 1 aromatic heterocycles. The molecule has 3 N–H and O–H groups in total. The maximum absolute atomic E-state index is 10.8. The lowest BCUT2D eigenvalue weighted by atomic mass is 9.86. The molecule has 5 nitrogen and oxygen atoms in total. The second-order valence-electron chi connectivity index (χ2n) is 5.01. The van der Waals surface area contributed by atoms with Crippen LogP contribution in [0.25, 0.3) is 0 Å². The molecule has 0 bridgehead atoms. The second-order valence-corrected chi connectivity index (χ2v) is 5.01. The fraction of sp³-hybridized carbons (Fsp3) is 0.800.